The van der Waals surface area contributed by atoms with E-state index in [9.17, 15) is 9.18 Å². The number of carbonyl (C=O) groups is 1. The van der Waals surface area contributed by atoms with Crippen molar-refractivity contribution in [2.45, 2.75) is 25.9 Å². The smallest absolute Gasteiger partial charge is 0.255 e. The van der Waals surface area contributed by atoms with Gasteiger partial charge in [-0.1, -0.05) is 6.07 Å². The molecule has 1 amide bonds. The van der Waals surface area contributed by atoms with Gasteiger partial charge in [0.15, 0.2) is 0 Å². The summed E-state index contributed by atoms with van der Waals surface area (Å²) in [5, 5.41) is 2.59. The summed E-state index contributed by atoms with van der Waals surface area (Å²) in [6.45, 7) is 3.15. The van der Waals surface area contributed by atoms with E-state index < -0.39 is 5.82 Å². The van der Waals surface area contributed by atoms with Crippen molar-refractivity contribution in [3.63, 3.8) is 0 Å². The first-order chi connectivity index (χ1) is 11.6. The van der Waals surface area contributed by atoms with E-state index in [1.54, 1.807) is 36.4 Å². The fourth-order valence-corrected chi connectivity index (χ4v) is 2.60. The standard InChI is InChI=1S/C19H20FNO3/c1-13-4-9-17(20)18(11-13)21-19(22)14-5-7-15(8-6-14)24-12-16-3-2-10-23-16/h4-9,11,16H,2-3,10,12H2,1H3,(H,21,22). The van der Waals surface area contributed by atoms with Crippen LogP contribution in [0.4, 0.5) is 10.1 Å². The van der Waals surface area contributed by atoms with Gasteiger partial charge in [-0.2, -0.15) is 0 Å². The molecule has 2 aromatic rings. The number of aryl methyl sites for hydroxylation is 1. The number of anilines is 1. The van der Waals surface area contributed by atoms with E-state index in [-0.39, 0.29) is 17.7 Å². The van der Waals surface area contributed by atoms with Crippen LogP contribution in [0.15, 0.2) is 42.5 Å². The Bertz CT molecular complexity index is 709. The molecule has 1 fully saturated rings. The van der Waals surface area contributed by atoms with Crippen LogP contribution in [0.1, 0.15) is 28.8 Å². The number of ether oxygens (including phenoxy) is 2. The van der Waals surface area contributed by atoms with Crippen LogP contribution in [0, 0.1) is 12.7 Å². The number of amides is 1. The summed E-state index contributed by atoms with van der Waals surface area (Å²) < 4.78 is 24.9. The quantitative estimate of drug-likeness (QED) is 0.904. The van der Waals surface area contributed by atoms with Gasteiger partial charge in [-0.15, -0.1) is 0 Å². The highest BCUT2D eigenvalue weighted by Gasteiger charge is 2.16. The van der Waals surface area contributed by atoms with E-state index in [1.165, 1.54) is 6.07 Å². The van der Waals surface area contributed by atoms with Crippen LogP contribution in [0.3, 0.4) is 0 Å². The summed E-state index contributed by atoms with van der Waals surface area (Å²) in [4.78, 5) is 12.2. The molecule has 2 aromatic carbocycles. The van der Waals surface area contributed by atoms with Crippen LogP contribution in [-0.2, 0) is 4.74 Å². The van der Waals surface area contributed by atoms with Gasteiger partial charge in [0, 0.05) is 12.2 Å². The Labute approximate surface area is 140 Å². The zero-order valence-corrected chi connectivity index (χ0v) is 13.5. The summed E-state index contributed by atoms with van der Waals surface area (Å²) in [6.07, 6.45) is 2.24. The summed E-state index contributed by atoms with van der Waals surface area (Å²) in [5.41, 5.74) is 1.50. The molecule has 1 aliphatic rings. The van der Waals surface area contributed by atoms with E-state index in [1.807, 2.05) is 6.92 Å². The van der Waals surface area contributed by atoms with Crippen molar-refractivity contribution in [1.82, 2.24) is 0 Å². The first-order valence-corrected chi connectivity index (χ1v) is 8.04. The van der Waals surface area contributed by atoms with Gasteiger partial charge in [-0.05, 0) is 61.7 Å². The van der Waals surface area contributed by atoms with Crippen molar-refractivity contribution >= 4 is 11.6 Å². The van der Waals surface area contributed by atoms with Gasteiger partial charge in [-0.25, -0.2) is 4.39 Å². The van der Waals surface area contributed by atoms with Gasteiger partial charge in [0.05, 0.1) is 11.8 Å². The molecule has 24 heavy (non-hydrogen) atoms. The van der Waals surface area contributed by atoms with Crippen molar-refractivity contribution in [2.24, 2.45) is 0 Å². The summed E-state index contributed by atoms with van der Waals surface area (Å²) in [5.74, 6) is -0.126. The van der Waals surface area contributed by atoms with E-state index >= 15 is 0 Å². The fourth-order valence-electron chi connectivity index (χ4n) is 2.60. The van der Waals surface area contributed by atoms with Gasteiger partial charge >= 0.3 is 0 Å². The third-order valence-corrected chi connectivity index (χ3v) is 3.95. The normalized spacial score (nSPS) is 16.8. The first-order valence-electron chi connectivity index (χ1n) is 8.04. The molecule has 1 saturated heterocycles. The molecule has 0 aromatic heterocycles. The Balaban J connectivity index is 1.59. The minimum atomic E-state index is -0.453. The number of carbonyl (C=O) groups excluding carboxylic acids is 1. The highest BCUT2D eigenvalue weighted by Crippen LogP contribution is 2.19. The lowest BCUT2D eigenvalue weighted by atomic mass is 10.1. The number of hydrogen-bond donors (Lipinski definition) is 1. The second-order valence-corrected chi connectivity index (χ2v) is 5.91. The Morgan fingerprint density at radius 2 is 2.08 bits per heavy atom. The molecule has 3 rings (SSSR count). The Kier molecular flexibility index (Phi) is 5.11. The zero-order valence-electron chi connectivity index (χ0n) is 13.5. The highest BCUT2D eigenvalue weighted by atomic mass is 19.1. The van der Waals surface area contributed by atoms with Crippen LogP contribution >= 0.6 is 0 Å². The third kappa shape index (κ3) is 4.11. The Morgan fingerprint density at radius 3 is 2.79 bits per heavy atom. The Morgan fingerprint density at radius 1 is 1.29 bits per heavy atom. The molecule has 0 aliphatic carbocycles. The highest BCUT2D eigenvalue weighted by molar-refractivity contribution is 6.04. The minimum absolute atomic E-state index is 0.150. The third-order valence-electron chi connectivity index (χ3n) is 3.95. The number of hydrogen-bond acceptors (Lipinski definition) is 3. The number of nitrogens with one attached hydrogen (secondary N) is 1. The van der Waals surface area contributed by atoms with Crippen LogP contribution in [-0.4, -0.2) is 25.2 Å². The van der Waals surface area contributed by atoms with Gasteiger partial charge in [0.1, 0.15) is 18.2 Å². The molecule has 1 unspecified atom stereocenters. The second-order valence-electron chi connectivity index (χ2n) is 5.91. The molecule has 0 spiro atoms. The topological polar surface area (TPSA) is 47.6 Å². The van der Waals surface area contributed by atoms with Gasteiger partial charge < -0.3 is 14.8 Å². The minimum Gasteiger partial charge on any atom is -0.491 e. The molecule has 0 bridgehead atoms. The molecule has 1 N–H and O–H groups in total. The molecule has 4 nitrogen and oxygen atoms in total. The average molecular weight is 329 g/mol. The van der Waals surface area contributed by atoms with Crippen molar-refractivity contribution in [1.29, 1.82) is 0 Å². The van der Waals surface area contributed by atoms with Crippen LogP contribution in [0.5, 0.6) is 5.75 Å². The molecule has 0 saturated carbocycles. The lowest BCUT2D eigenvalue weighted by Gasteiger charge is -2.12. The maximum atomic E-state index is 13.7. The maximum Gasteiger partial charge on any atom is 0.255 e. The lowest BCUT2D eigenvalue weighted by Crippen LogP contribution is -2.16. The molecule has 1 aliphatic heterocycles. The van der Waals surface area contributed by atoms with Crippen molar-refractivity contribution < 1.29 is 18.7 Å². The van der Waals surface area contributed by atoms with Crippen LogP contribution in [0.25, 0.3) is 0 Å². The second kappa shape index (κ2) is 7.45. The molecule has 1 heterocycles. The number of halogens is 1. The zero-order chi connectivity index (χ0) is 16.9. The molecule has 0 radical (unpaired) electrons. The molecule has 126 valence electrons. The van der Waals surface area contributed by atoms with Crippen molar-refractivity contribution in [3.05, 3.63) is 59.4 Å². The van der Waals surface area contributed by atoms with E-state index in [0.29, 0.717) is 17.9 Å². The van der Waals surface area contributed by atoms with Crippen LogP contribution in [0.2, 0.25) is 0 Å². The predicted molar refractivity (Wildman–Crippen MR) is 90.0 cm³/mol. The number of rotatable bonds is 5. The average Bonchev–Trinajstić information content (AvgIpc) is 3.10. The van der Waals surface area contributed by atoms with E-state index in [2.05, 4.69) is 5.32 Å². The maximum absolute atomic E-state index is 13.7. The van der Waals surface area contributed by atoms with E-state index in [0.717, 1.165) is 25.0 Å². The van der Waals surface area contributed by atoms with E-state index in [4.69, 9.17) is 9.47 Å². The monoisotopic (exact) mass is 329 g/mol. The lowest BCUT2D eigenvalue weighted by molar-refractivity contribution is 0.0679. The molecular formula is C19H20FNO3. The van der Waals surface area contributed by atoms with Gasteiger partial charge in [0.2, 0.25) is 0 Å². The summed E-state index contributed by atoms with van der Waals surface area (Å²) in [7, 11) is 0. The number of benzene rings is 2. The molecule has 1 atom stereocenters. The van der Waals surface area contributed by atoms with Crippen LogP contribution < -0.4 is 10.1 Å². The molecular weight excluding hydrogens is 309 g/mol. The summed E-state index contributed by atoms with van der Waals surface area (Å²) in [6, 6.07) is 11.4. The predicted octanol–water partition coefficient (Wildman–Crippen LogP) is 3.94. The largest absolute Gasteiger partial charge is 0.491 e. The first kappa shape index (κ1) is 16.5. The van der Waals surface area contributed by atoms with Gasteiger partial charge in [-0.3, -0.25) is 4.79 Å². The fraction of sp³-hybridized carbons (Fsp3) is 0.316. The summed E-state index contributed by atoms with van der Waals surface area (Å²) >= 11 is 0. The molecule has 5 heteroatoms. The SMILES string of the molecule is Cc1ccc(F)c(NC(=O)c2ccc(OCC3CCCO3)cc2)c1. The van der Waals surface area contributed by atoms with Crippen molar-refractivity contribution in [2.75, 3.05) is 18.5 Å². The van der Waals surface area contributed by atoms with Gasteiger partial charge in [0.25, 0.3) is 5.91 Å². The Hall–Kier alpha value is -2.40. The van der Waals surface area contributed by atoms with Crippen molar-refractivity contribution in [3.8, 4) is 5.75 Å².